The van der Waals surface area contributed by atoms with Gasteiger partial charge in [0.25, 0.3) is 6.71 Å². The summed E-state index contributed by atoms with van der Waals surface area (Å²) < 4.78 is 0. The highest BCUT2D eigenvalue weighted by atomic mass is 15.2. The Morgan fingerprint density at radius 2 is 0.950 bits per heavy atom. The highest BCUT2D eigenvalue weighted by Gasteiger charge is 2.44. The van der Waals surface area contributed by atoms with E-state index in [9.17, 15) is 0 Å². The zero-order valence-corrected chi connectivity index (χ0v) is 35.8. The molecule has 0 radical (unpaired) electrons. The van der Waals surface area contributed by atoms with Crippen molar-refractivity contribution >= 4 is 57.2 Å². The van der Waals surface area contributed by atoms with Crippen LogP contribution in [-0.2, 0) is 0 Å². The van der Waals surface area contributed by atoms with E-state index in [-0.39, 0.29) is 6.71 Å². The van der Waals surface area contributed by atoms with Crippen LogP contribution in [0.15, 0.2) is 170 Å². The molecule has 0 spiro atoms. The number of nitrogens with zero attached hydrogens (tertiary/aromatic N) is 2. The average Bonchev–Trinajstić information content (AvgIpc) is 3.26. The number of benzene rings is 8. The second-order valence-corrected chi connectivity index (χ2v) is 17.6. The fourth-order valence-corrected chi connectivity index (χ4v) is 9.84. The normalized spacial score (nSPS) is 12.8. The summed E-state index contributed by atoms with van der Waals surface area (Å²) in [6.07, 6.45) is 0. The summed E-state index contributed by atoms with van der Waals surface area (Å²) in [4.78, 5) is 5.13. The lowest BCUT2D eigenvalue weighted by molar-refractivity contribution is 0.866. The van der Waals surface area contributed by atoms with Gasteiger partial charge in [-0.05, 0) is 165 Å². The third-order valence-corrected chi connectivity index (χ3v) is 12.9. The molecule has 0 fully saturated rings. The molecule has 3 heteroatoms. The summed E-state index contributed by atoms with van der Waals surface area (Å²) >= 11 is 0. The van der Waals surface area contributed by atoms with E-state index in [0.717, 1.165) is 5.69 Å². The SMILES string of the molecule is Cc1cc2c3c(c1)N(c1ccc(C(C)C)cc1)c1cc(-c4c(C)cccc4C)ccc1B3c1cc(C(C)C)ccc1N2c1cc(-c2ccccc2)cc(-c2ccccc2)c1. The van der Waals surface area contributed by atoms with Gasteiger partial charge in [0.15, 0.2) is 0 Å². The van der Waals surface area contributed by atoms with Crippen molar-refractivity contribution in [3.05, 3.63) is 198 Å². The second kappa shape index (κ2) is 14.9. The molecule has 2 nitrogen and oxygen atoms in total. The Balaban J connectivity index is 1.28. The van der Waals surface area contributed by atoms with Gasteiger partial charge in [-0.3, -0.25) is 0 Å². The number of anilines is 6. The summed E-state index contributed by atoms with van der Waals surface area (Å²) in [6, 6.07) is 64.2. The first kappa shape index (κ1) is 37.7. The average molecular weight is 775 g/mol. The Kier molecular flexibility index (Phi) is 9.36. The zero-order chi connectivity index (χ0) is 41.2. The van der Waals surface area contributed by atoms with Crippen molar-refractivity contribution in [1.82, 2.24) is 0 Å². The van der Waals surface area contributed by atoms with Crippen LogP contribution in [0, 0.1) is 20.8 Å². The van der Waals surface area contributed by atoms with Crippen molar-refractivity contribution in [1.29, 1.82) is 0 Å². The minimum absolute atomic E-state index is 0.0413. The Hall–Kier alpha value is -6.58. The van der Waals surface area contributed by atoms with Crippen LogP contribution in [0.5, 0.6) is 0 Å². The molecule has 0 atom stereocenters. The maximum atomic E-state index is 2.57. The van der Waals surface area contributed by atoms with E-state index in [2.05, 4.69) is 228 Å². The Morgan fingerprint density at radius 3 is 1.53 bits per heavy atom. The predicted octanol–water partition coefficient (Wildman–Crippen LogP) is 13.9. The first-order chi connectivity index (χ1) is 29.1. The molecule has 292 valence electrons. The number of hydrogen-bond donors (Lipinski definition) is 0. The predicted molar refractivity (Wildman–Crippen MR) is 259 cm³/mol. The standard InChI is InChI=1S/C57H51BN2/c1-36(2)41-21-25-48(26-22-41)59-53-35-45(56-39(6)15-14-16-40(56)7)23-27-50(53)58-51-34-44(37(3)4)24-28-52(51)60(55-30-38(5)29-54(59)57(55)58)49-32-46(42-17-10-8-11-18-42)31-47(33-49)43-19-12-9-13-20-43/h8-37H,1-7H3. The van der Waals surface area contributed by atoms with Gasteiger partial charge in [-0.1, -0.05) is 143 Å². The lowest BCUT2D eigenvalue weighted by atomic mass is 9.33. The number of rotatable bonds is 7. The van der Waals surface area contributed by atoms with Gasteiger partial charge in [0.05, 0.1) is 0 Å². The summed E-state index contributed by atoms with van der Waals surface area (Å²) in [5.74, 6) is 0.839. The van der Waals surface area contributed by atoms with Crippen LogP contribution >= 0.6 is 0 Å². The van der Waals surface area contributed by atoms with Crippen molar-refractivity contribution in [2.75, 3.05) is 9.80 Å². The van der Waals surface area contributed by atoms with Crippen LogP contribution < -0.4 is 26.2 Å². The Labute approximate surface area is 356 Å². The molecular weight excluding hydrogens is 723 g/mol. The molecule has 8 aromatic rings. The quantitative estimate of drug-likeness (QED) is 0.149. The largest absolute Gasteiger partial charge is 0.311 e. The van der Waals surface area contributed by atoms with Gasteiger partial charge in [-0.15, -0.1) is 0 Å². The van der Waals surface area contributed by atoms with Crippen LogP contribution in [0.1, 0.15) is 67.3 Å². The van der Waals surface area contributed by atoms with Crippen LogP contribution in [0.4, 0.5) is 34.1 Å². The van der Waals surface area contributed by atoms with Crippen molar-refractivity contribution < 1.29 is 0 Å². The van der Waals surface area contributed by atoms with E-state index in [1.54, 1.807) is 0 Å². The van der Waals surface area contributed by atoms with E-state index in [0.29, 0.717) is 11.8 Å². The molecule has 0 N–H and O–H groups in total. The van der Waals surface area contributed by atoms with Crippen molar-refractivity contribution in [2.45, 2.75) is 60.3 Å². The number of fused-ring (bicyclic) bond motifs is 4. The molecule has 2 heterocycles. The number of aryl methyl sites for hydroxylation is 3. The van der Waals surface area contributed by atoms with Crippen LogP contribution in [0.3, 0.4) is 0 Å². The van der Waals surface area contributed by atoms with Gasteiger partial charge >= 0.3 is 0 Å². The van der Waals surface area contributed by atoms with E-state index in [1.165, 1.54) is 106 Å². The minimum atomic E-state index is 0.0413. The molecule has 10 rings (SSSR count). The van der Waals surface area contributed by atoms with E-state index < -0.39 is 0 Å². The van der Waals surface area contributed by atoms with Gasteiger partial charge in [0, 0.05) is 34.1 Å². The van der Waals surface area contributed by atoms with Gasteiger partial charge in [0.1, 0.15) is 0 Å². The Morgan fingerprint density at radius 1 is 0.383 bits per heavy atom. The molecule has 2 aliphatic rings. The first-order valence-corrected chi connectivity index (χ1v) is 21.6. The third-order valence-electron chi connectivity index (χ3n) is 12.9. The highest BCUT2D eigenvalue weighted by molar-refractivity contribution is 7.00. The molecule has 60 heavy (non-hydrogen) atoms. The lowest BCUT2D eigenvalue weighted by Gasteiger charge is -2.45. The molecule has 0 aliphatic carbocycles. The molecule has 0 saturated heterocycles. The van der Waals surface area contributed by atoms with E-state index in [4.69, 9.17) is 0 Å². The minimum Gasteiger partial charge on any atom is -0.311 e. The fourth-order valence-electron chi connectivity index (χ4n) is 9.84. The summed E-state index contributed by atoms with van der Waals surface area (Å²) in [5, 5.41) is 0. The van der Waals surface area contributed by atoms with E-state index >= 15 is 0 Å². The molecule has 0 unspecified atom stereocenters. The summed E-state index contributed by atoms with van der Waals surface area (Å²) in [6.45, 7) is 16.0. The van der Waals surface area contributed by atoms with Crippen molar-refractivity contribution in [3.8, 4) is 33.4 Å². The summed E-state index contributed by atoms with van der Waals surface area (Å²) in [7, 11) is 0. The van der Waals surface area contributed by atoms with Crippen LogP contribution in [-0.4, -0.2) is 6.71 Å². The maximum Gasteiger partial charge on any atom is 0.252 e. The first-order valence-electron chi connectivity index (χ1n) is 21.6. The second-order valence-electron chi connectivity index (χ2n) is 17.6. The monoisotopic (exact) mass is 774 g/mol. The zero-order valence-electron chi connectivity index (χ0n) is 35.8. The van der Waals surface area contributed by atoms with Crippen molar-refractivity contribution in [2.24, 2.45) is 0 Å². The molecule has 0 amide bonds. The Bertz CT molecular complexity index is 2830. The fraction of sp³-hybridized carbons (Fsp3) is 0.158. The third kappa shape index (κ3) is 6.36. The van der Waals surface area contributed by atoms with Crippen LogP contribution in [0.2, 0.25) is 0 Å². The van der Waals surface area contributed by atoms with Gasteiger partial charge in [0.2, 0.25) is 0 Å². The molecule has 0 aromatic heterocycles. The maximum absolute atomic E-state index is 2.57. The van der Waals surface area contributed by atoms with Gasteiger partial charge < -0.3 is 9.80 Å². The molecule has 0 bridgehead atoms. The summed E-state index contributed by atoms with van der Waals surface area (Å²) in [5.41, 5.74) is 25.2. The molecular formula is C57H51BN2. The van der Waals surface area contributed by atoms with E-state index in [1.807, 2.05) is 0 Å². The van der Waals surface area contributed by atoms with Gasteiger partial charge in [-0.25, -0.2) is 0 Å². The smallest absolute Gasteiger partial charge is 0.252 e. The van der Waals surface area contributed by atoms with Crippen molar-refractivity contribution in [3.63, 3.8) is 0 Å². The lowest BCUT2D eigenvalue weighted by Crippen LogP contribution is -2.61. The molecule has 2 aliphatic heterocycles. The highest BCUT2D eigenvalue weighted by Crippen LogP contribution is 2.47. The molecule has 0 saturated carbocycles. The molecule has 8 aromatic carbocycles. The van der Waals surface area contributed by atoms with Gasteiger partial charge in [-0.2, -0.15) is 0 Å². The van der Waals surface area contributed by atoms with Crippen LogP contribution in [0.25, 0.3) is 33.4 Å². The number of hydrogen-bond acceptors (Lipinski definition) is 2. The topological polar surface area (TPSA) is 6.48 Å².